The third kappa shape index (κ3) is 6.80. The van der Waals surface area contributed by atoms with Crippen LogP contribution in [0.3, 0.4) is 0 Å². The summed E-state index contributed by atoms with van der Waals surface area (Å²) in [6.45, 7) is 6.15. The van der Waals surface area contributed by atoms with Gasteiger partial charge in [0.15, 0.2) is 5.17 Å². The van der Waals surface area contributed by atoms with E-state index in [1.54, 1.807) is 30.5 Å². The van der Waals surface area contributed by atoms with Crippen LogP contribution < -0.4 is 10.2 Å². The first-order valence-corrected chi connectivity index (χ1v) is 11.7. The Morgan fingerprint density at radius 3 is 2.42 bits per heavy atom. The second-order valence-electron chi connectivity index (χ2n) is 6.74. The highest BCUT2D eigenvalue weighted by atomic mass is 32.2. The van der Waals surface area contributed by atoms with Crippen LogP contribution in [0.5, 0.6) is 0 Å². The van der Waals surface area contributed by atoms with Gasteiger partial charge in [-0.25, -0.2) is 0 Å². The van der Waals surface area contributed by atoms with Gasteiger partial charge in [-0.2, -0.15) is 13.9 Å². The van der Waals surface area contributed by atoms with E-state index in [1.165, 1.54) is 11.8 Å². The summed E-state index contributed by atoms with van der Waals surface area (Å²) in [4.78, 5) is 15.0. The predicted molar refractivity (Wildman–Crippen MR) is 127 cm³/mol. The Hall–Kier alpha value is -2.39. The zero-order valence-corrected chi connectivity index (χ0v) is 18.9. The largest absolute Gasteiger partial charge is 0.372 e. The molecule has 1 amide bonds. The van der Waals surface area contributed by atoms with Gasteiger partial charge in [0.05, 0.1) is 11.5 Å². The lowest BCUT2D eigenvalue weighted by Crippen LogP contribution is -2.25. The Labute approximate surface area is 189 Å². The lowest BCUT2D eigenvalue weighted by molar-refractivity contribution is -0.118. The summed E-state index contributed by atoms with van der Waals surface area (Å²) in [5, 5.41) is 11.1. The van der Waals surface area contributed by atoms with E-state index in [0.29, 0.717) is 28.2 Å². The number of hydrogen-bond donors (Lipinski definition) is 1. The molecule has 1 fully saturated rings. The number of amides is 1. The smallest absolute Gasteiger partial charge is 0.288 e. The fourth-order valence-electron chi connectivity index (χ4n) is 3.12. The maximum atomic E-state index is 12.4. The number of thioether (sulfide) groups is 2. The molecular weight excluding hydrogens is 438 g/mol. The van der Waals surface area contributed by atoms with E-state index in [4.69, 9.17) is 0 Å². The fourth-order valence-corrected chi connectivity index (χ4v) is 4.58. The molecule has 2 aromatic rings. The molecule has 31 heavy (non-hydrogen) atoms. The molecule has 1 saturated heterocycles. The molecule has 164 valence electrons. The Kier molecular flexibility index (Phi) is 8.48. The summed E-state index contributed by atoms with van der Waals surface area (Å²) >= 11 is 1.83. The highest BCUT2D eigenvalue weighted by Crippen LogP contribution is 2.27. The zero-order chi connectivity index (χ0) is 22.2. The average molecular weight is 463 g/mol. The third-order valence-electron chi connectivity index (χ3n) is 4.72. The number of anilines is 1. The van der Waals surface area contributed by atoms with Crippen LogP contribution in [0, 0.1) is 0 Å². The third-order valence-corrected chi connectivity index (χ3v) is 6.52. The van der Waals surface area contributed by atoms with Crippen LogP contribution in [0.4, 0.5) is 14.5 Å². The second kappa shape index (κ2) is 11.3. The first kappa shape index (κ1) is 23.3. The Morgan fingerprint density at radius 1 is 1.13 bits per heavy atom. The molecule has 1 aliphatic rings. The maximum Gasteiger partial charge on any atom is 0.288 e. The standard InChI is InChI=1S/C22H24F2N4OS2/c1-3-28(4-2)17-9-5-16(6-10-17)14-25-27-22-26-20(29)19(31-22)13-15-7-11-18(12-8-15)30-21(23)24/h5-12,14,19,21H,3-4,13H2,1-2H3,(H,26,27,29). The highest BCUT2D eigenvalue weighted by Gasteiger charge is 2.30. The number of nitrogens with one attached hydrogen (secondary N) is 1. The van der Waals surface area contributed by atoms with Crippen molar-refractivity contribution in [3.05, 3.63) is 59.7 Å². The molecule has 3 rings (SSSR count). The van der Waals surface area contributed by atoms with Gasteiger partial charge in [0, 0.05) is 23.7 Å². The lowest BCUT2D eigenvalue weighted by Gasteiger charge is -2.20. The van der Waals surface area contributed by atoms with Crippen LogP contribution in [-0.2, 0) is 11.2 Å². The van der Waals surface area contributed by atoms with Crippen LogP contribution in [0.2, 0.25) is 0 Å². The van der Waals surface area contributed by atoms with Crippen molar-refractivity contribution in [1.29, 1.82) is 0 Å². The molecule has 0 saturated carbocycles. The van der Waals surface area contributed by atoms with Crippen molar-refractivity contribution in [1.82, 2.24) is 5.32 Å². The van der Waals surface area contributed by atoms with Crippen molar-refractivity contribution >= 4 is 46.5 Å². The zero-order valence-electron chi connectivity index (χ0n) is 17.3. The number of nitrogens with zero attached hydrogens (tertiary/aromatic N) is 3. The molecule has 9 heteroatoms. The summed E-state index contributed by atoms with van der Waals surface area (Å²) in [5.74, 6) is -2.57. The number of carbonyl (C=O) groups excluding carboxylic acids is 1. The van der Waals surface area contributed by atoms with Crippen LogP contribution >= 0.6 is 23.5 Å². The molecule has 1 heterocycles. The monoisotopic (exact) mass is 462 g/mol. The van der Waals surface area contributed by atoms with E-state index in [0.717, 1.165) is 29.9 Å². The topological polar surface area (TPSA) is 57.1 Å². The Bertz CT molecular complexity index is 930. The number of halogens is 2. The lowest BCUT2D eigenvalue weighted by atomic mass is 10.1. The van der Waals surface area contributed by atoms with Crippen LogP contribution in [-0.4, -0.2) is 41.4 Å². The number of carbonyl (C=O) groups is 1. The van der Waals surface area contributed by atoms with Gasteiger partial charge in [0.1, 0.15) is 0 Å². The van der Waals surface area contributed by atoms with Gasteiger partial charge in [0.25, 0.3) is 5.76 Å². The molecule has 0 radical (unpaired) electrons. The molecule has 5 nitrogen and oxygen atoms in total. The van der Waals surface area contributed by atoms with E-state index in [2.05, 4.69) is 46.4 Å². The molecule has 1 N–H and O–H groups in total. The minimum Gasteiger partial charge on any atom is -0.372 e. The SMILES string of the molecule is CCN(CC)c1ccc(C=NN=C2NC(=O)C(Cc3ccc(SC(F)F)cc3)S2)cc1. The average Bonchev–Trinajstić information content (AvgIpc) is 3.10. The Balaban J connectivity index is 1.55. The number of rotatable bonds is 9. The van der Waals surface area contributed by atoms with Crippen molar-refractivity contribution in [2.75, 3.05) is 18.0 Å². The summed E-state index contributed by atoms with van der Waals surface area (Å²) in [5.41, 5.74) is 2.99. The quantitative estimate of drug-likeness (QED) is 0.323. The number of amidine groups is 1. The second-order valence-corrected chi connectivity index (χ2v) is 8.99. The predicted octanol–water partition coefficient (Wildman–Crippen LogP) is 5.01. The summed E-state index contributed by atoms with van der Waals surface area (Å²) in [6.07, 6.45) is 2.14. The van der Waals surface area contributed by atoms with Crippen molar-refractivity contribution in [2.45, 2.75) is 36.2 Å². The summed E-state index contributed by atoms with van der Waals surface area (Å²) in [7, 11) is 0. The van der Waals surface area contributed by atoms with Crippen LogP contribution in [0.25, 0.3) is 0 Å². The minimum absolute atomic E-state index is 0.131. The van der Waals surface area contributed by atoms with Gasteiger partial charge < -0.3 is 10.2 Å². The van der Waals surface area contributed by atoms with Gasteiger partial charge in [-0.05, 0) is 55.7 Å². The first-order valence-electron chi connectivity index (χ1n) is 9.95. The van der Waals surface area contributed by atoms with Crippen molar-refractivity contribution < 1.29 is 13.6 Å². The van der Waals surface area contributed by atoms with Gasteiger partial charge in [-0.3, -0.25) is 4.79 Å². The molecule has 0 spiro atoms. The number of benzene rings is 2. The van der Waals surface area contributed by atoms with E-state index < -0.39 is 5.76 Å². The first-order chi connectivity index (χ1) is 15.0. The number of alkyl halides is 2. The van der Waals surface area contributed by atoms with E-state index in [-0.39, 0.29) is 11.2 Å². The van der Waals surface area contributed by atoms with Crippen molar-refractivity contribution in [3.63, 3.8) is 0 Å². The van der Waals surface area contributed by atoms with E-state index in [9.17, 15) is 13.6 Å². The van der Waals surface area contributed by atoms with E-state index in [1.807, 2.05) is 12.1 Å². The molecule has 2 aromatic carbocycles. The number of hydrogen-bond acceptors (Lipinski definition) is 6. The minimum atomic E-state index is -2.44. The van der Waals surface area contributed by atoms with Gasteiger partial charge in [0.2, 0.25) is 5.91 Å². The van der Waals surface area contributed by atoms with Gasteiger partial charge >= 0.3 is 0 Å². The summed E-state index contributed by atoms with van der Waals surface area (Å²) < 4.78 is 24.8. The van der Waals surface area contributed by atoms with Gasteiger partial charge in [-0.1, -0.05) is 47.8 Å². The maximum absolute atomic E-state index is 12.4. The van der Waals surface area contributed by atoms with Crippen molar-refractivity contribution in [3.8, 4) is 0 Å². The fraction of sp³-hybridized carbons (Fsp3) is 0.318. The highest BCUT2D eigenvalue weighted by molar-refractivity contribution is 8.15. The molecule has 0 bridgehead atoms. The Morgan fingerprint density at radius 2 is 1.81 bits per heavy atom. The molecule has 0 aliphatic carbocycles. The van der Waals surface area contributed by atoms with Crippen LogP contribution in [0.15, 0.2) is 63.6 Å². The van der Waals surface area contributed by atoms with Crippen LogP contribution in [0.1, 0.15) is 25.0 Å². The molecule has 1 aliphatic heterocycles. The molecule has 0 aromatic heterocycles. The molecule has 1 unspecified atom stereocenters. The normalized spacial score (nSPS) is 17.6. The van der Waals surface area contributed by atoms with Crippen molar-refractivity contribution in [2.24, 2.45) is 10.2 Å². The molecular formula is C22H24F2N4OS2. The summed E-state index contributed by atoms with van der Waals surface area (Å²) in [6, 6.07) is 14.9. The van der Waals surface area contributed by atoms with E-state index >= 15 is 0 Å². The molecule has 1 atom stereocenters. The van der Waals surface area contributed by atoms with Gasteiger partial charge in [-0.15, -0.1) is 5.10 Å².